The molecule has 0 amide bonds. The van der Waals surface area contributed by atoms with Crippen LogP contribution in [0.1, 0.15) is 22.3 Å². The smallest absolute Gasteiger partial charge is 0.337 e. The average Bonchev–Trinajstić information content (AvgIpc) is 2.82. The molecule has 0 bridgehead atoms. The first-order valence-electron chi connectivity index (χ1n) is 10.1. The van der Waals surface area contributed by atoms with Gasteiger partial charge in [-0.15, -0.1) is 0 Å². The van der Waals surface area contributed by atoms with Gasteiger partial charge in [0.1, 0.15) is 5.69 Å². The Balaban J connectivity index is 1.75. The molecule has 5 nitrogen and oxygen atoms in total. The summed E-state index contributed by atoms with van der Waals surface area (Å²) in [5, 5.41) is 0. The second-order valence-corrected chi connectivity index (χ2v) is 7.34. The van der Waals surface area contributed by atoms with Crippen LogP contribution in [0.25, 0.3) is 22.3 Å². The predicted octanol–water partition coefficient (Wildman–Crippen LogP) is 5.17. The van der Waals surface area contributed by atoms with Crippen molar-refractivity contribution in [2.45, 2.75) is 12.8 Å². The van der Waals surface area contributed by atoms with Gasteiger partial charge in [0.05, 0.1) is 23.7 Å². The highest BCUT2D eigenvalue weighted by Crippen LogP contribution is 2.38. The highest BCUT2D eigenvalue weighted by Gasteiger charge is 2.23. The molecule has 2 heterocycles. The number of methoxy groups -OCH3 is 1. The normalized spacial score (nSPS) is 13.2. The molecule has 1 aliphatic heterocycles. The van der Waals surface area contributed by atoms with Crippen LogP contribution in [0.15, 0.2) is 72.8 Å². The Labute approximate surface area is 175 Å². The number of carbonyl (C=O) groups is 1. The maximum absolute atomic E-state index is 12.0. The van der Waals surface area contributed by atoms with Crippen molar-refractivity contribution in [3.8, 4) is 11.3 Å². The first kappa shape index (κ1) is 18.3. The predicted molar refractivity (Wildman–Crippen MR) is 118 cm³/mol. The van der Waals surface area contributed by atoms with Gasteiger partial charge in [-0.05, 0) is 42.7 Å². The van der Waals surface area contributed by atoms with E-state index >= 15 is 0 Å². The summed E-state index contributed by atoms with van der Waals surface area (Å²) in [6.07, 6.45) is 2.11. The number of anilines is 2. The molecule has 30 heavy (non-hydrogen) atoms. The number of benzene rings is 3. The van der Waals surface area contributed by atoms with E-state index in [9.17, 15) is 4.79 Å². The molecule has 0 saturated carbocycles. The SMILES string of the molecule is COC(=O)c1ccc2nc(-c3ccccc3)c(N3CCCc4ccccc43)nc2c1. The third-order valence-electron chi connectivity index (χ3n) is 5.48. The van der Waals surface area contributed by atoms with E-state index in [0.717, 1.165) is 42.0 Å². The van der Waals surface area contributed by atoms with Gasteiger partial charge in [0.25, 0.3) is 0 Å². The zero-order chi connectivity index (χ0) is 20.5. The summed E-state index contributed by atoms with van der Waals surface area (Å²) >= 11 is 0. The molecular weight excluding hydrogens is 374 g/mol. The number of hydrogen-bond donors (Lipinski definition) is 0. The Morgan fingerprint density at radius 2 is 1.73 bits per heavy atom. The molecule has 148 valence electrons. The van der Waals surface area contributed by atoms with Gasteiger partial charge < -0.3 is 9.64 Å². The number of ether oxygens (including phenoxy) is 1. The summed E-state index contributed by atoms with van der Waals surface area (Å²) < 4.78 is 4.87. The van der Waals surface area contributed by atoms with Crippen LogP contribution in [-0.4, -0.2) is 29.6 Å². The first-order valence-corrected chi connectivity index (χ1v) is 10.1. The van der Waals surface area contributed by atoms with E-state index < -0.39 is 0 Å². The van der Waals surface area contributed by atoms with Gasteiger partial charge in [0, 0.05) is 17.8 Å². The van der Waals surface area contributed by atoms with Gasteiger partial charge in [-0.25, -0.2) is 14.8 Å². The van der Waals surface area contributed by atoms with Crippen LogP contribution in [0.3, 0.4) is 0 Å². The molecule has 0 spiro atoms. The minimum atomic E-state index is -0.379. The van der Waals surface area contributed by atoms with Crippen molar-refractivity contribution in [1.82, 2.24) is 9.97 Å². The molecule has 5 rings (SSSR count). The lowest BCUT2D eigenvalue weighted by Crippen LogP contribution is -2.26. The highest BCUT2D eigenvalue weighted by atomic mass is 16.5. The lowest BCUT2D eigenvalue weighted by Gasteiger charge is -2.31. The number of fused-ring (bicyclic) bond motifs is 2. The zero-order valence-corrected chi connectivity index (χ0v) is 16.7. The maximum Gasteiger partial charge on any atom is 0.337 e. The number of carbonyl (C=O) groups excluding carboxylic acids is 1. The Hall–Kier alpha value is -3.73. The van der Waals surface area contributed by atoms with Gasteiger partial charge in [0.2, 0.25) is 0 Å². The van der Waals surface area contributed by atoms with Gasteiger partial charge in [-0.3, -0.25) is 0 Å². The van der Waals surface area contributed by atoms with Crippen LogP contribution in [0, 0.1) is 0 Å². The van der Waals surface area contributed by atoms with Gasteiger partial charge in [-0.1, -0.05) is 48.5 Å². The van der Waals surface area contributed by atoms with E-state index in [-0.39, 0.29) is 5.97 Å². The maximum atomic E-state index is 12.0. The molecule has 0 N–H and O–H groups in total. The van der Waals surface area contributed by atoms with Crippen LogP contribution < -0.4 is 4.90 Å². The molecule has 3 aromatic carbocycles. The van der Waals surface area contributed by atoms with Crippen LogP contribution >= 0.6 is 0 Å². The molecule has 0 saturated heterocycles. The summed E-state index contributed by atoms with van der Waals surface area (Å²) in [7, 11) is 1.38. The zero-order valence-electron chi connectivity index (χ0n) is 16.7. The van der Waals surface area contributed by atoms with Crippen molar-refractivity contribution in [3.05, 3.63) is 83.9 Å². The Morgan fingerprint density at radius 3 is 2.57 bits per heavy atom. The van der Waals surface area contributed by atoms with Crippen LogP contribution in [0.4, 0.5) is 11.5 Å². The Morgan fingerprint density at radius 1 is 0.933 bits per heavy atom. The van der Waals surface area contributed by atoms with Crippen molar-refractivity contribution in [1.29, 1.82) is 0 Å². The fraction of sp³-hybridized carbons (Fsp3) is 0.160. The number of para-hydroxylation sites is 1. The Bertz CT molecular complexity index is 1240. The molecule has 5 heteroatoms. The van der Waals surface area contributed by atoms with Crippen molar-refractivity contribution >= 4 is 28.5 Å². The number of nitrogens with zero attached hydrogens (tertiary/aromatic N) is 3. The van der Waals surface area contributed by atoms with E-state index in [2.05, 4.69) is 41.3 Å². The highest BCUT2D eigenvalue weighted by molar-refractivity contribution is 5.95. The van der Waals surface area contributed by atoms with E-state index in [0.29, 0.717) is 11.1 Å². The van der Waals surface area contributed by atoms with E-state index in [1.807, 2.05) is 24.3 Å². The fourth-order valence-electron chi connectivity index (χ4n) is 4.02. The van der Waals surface area contributed by atoms with Crippen molar-refractivity contribution in [2.24, 2.45) is 0 Å². The quantitative estimate of drug-likeness (QED) is 0.448. The molecular formula is C25H21N3O2. The van der Waals surface area contributed by atoms with E-state index in [1.165, 1.54) is 18.4 Å². The van der Waals surface area contributed by atoms with Crippen molar-refractivity contribution in [2.75, 3.05) is 18.6 Å². The second kappa shape index (κ2) is 7.59. The molecule has 0 atom stereocenters. The lowest BCUT2D eigenvalue weighted by molar-refractivity contribution is 0.0601. The number of aryl methyl sites for hydroxylation is 1. The molecule has 0 aliphatic carbocycles. The lowest BCUT2D eigenvalue weighted by atomic mass is 10.0. The molecule has 0 fully saturated rings. The van der Waals surface area contributed by atoms with Crippen LogP contribution in [0.5, 0.6) is 0 Å². The van der Waals surface area contributed by atoms with Crippen LogP contribution in [0.2, 0.25) is 0 Å². The summed E-state index contributed by atoms with van der Waals surface area (Å²) in [6, 6.07) is 23.9. The monoisotopic (exact) mass is 395 g/mol. The van der Waals surface area contributed by atoms with E-state index in [1.54, 1.807) is 12.1 Å². The first-order chi connectivity index (χ1) is 14.7. The van der Waals surface area contributed by atoms with Crippen molar-refractivity contribution in [3.63, 3.8) is 0 Å². The van der Waals surface area contributed by atoms with Gasteiger partial charge in [-0.2, -0.15) is 0 Å². The minimum Gasteiger partial charge on any atom is -0.465 e. The second-order valence-electron chi connectivity index (χ2n) is 7.34. The van der Waals surface area contributed by atoms with Crippen LogP contribution in [-0.2, 0) is 11.2 Å². The third kappa shape index (κ3) is 3.18. The standard InChI is InChI=1S/C25H21N3O2/c1-30-25(29)19-13-14-20-21(16-19)27-24(23(26-20)18-9-3-2-4-10-18)28-15-7-11-17-8-5-6-12-22(17)28/h2-6,8-10,12-14,16H,7,11,15H2,1H3. The van der Waals surface area contributed by atoms with Crippen molar-refractivity contribution < 1.29 is 9.53 Å². The fourth-order valence-corrected chi connectivity index (χ4v) is 4.02. The molecule has 0 unspecified atom stereocenters. The number of hydrogen-bond acceptors (Lipinski definition) is 5. The number of rotatable bonds is 3. The molecule has 1 aliphatic rings. The number of aromatic nitrogens is 2. The summed E-state index contributed by atoms with van der Waals surface area (Å²) in [5.41, 5.74) is 6.22. The molecule has 1 aromatic heterocycles. The Kier molecular flexibility index (Phi) is 4.64. The number of esters is 1. The van der Waals surface area contributed by atoms with E-state index in [4.69, 9.17) is 14.7 Å². The summed E-state index contributed by atoms with van der Waals surface area (Å²) in [5.74, 6) is 0.429. The minimum absolute atomic E-state index is 0.379. The molecule has 0 radical (unpaired) electrons. The van der Waals surface area contributed by atoms with Gasteiger partial charge in [0.15, 0.2) is 5.82 Å². The van der Waals surface area contributed by atoms with Gasteiger partial charge >= 0.3 is 5.97 Å². The summed E-state index contributed by atoms with van der Waals surface area (Å²) in [4.78, 5) is 24.2. The summed E-state index contributed by atoms with van der Waals surface area (Å²) in [6.45, 7) is 0.869. The third-order valence-corrected chi connectivity index (χ3v) is 5.48. The average molecular weight is 395 g/mol. The topological polar surface area (TPSA) is 55.3 Å². The largest absolute Gasteiger partial charge is 0.465 e. The molecule has 4 aromatic rings.